The van der Waals surface area contributed by atoms with Gasteiger partial charge in [-0.2, -0.15) is 9.61 Å². The van der Waals surface area contributed by atoms with Crippen LogP contribution in [0.2, 0.25) is 5.02 Å². The fourth-order valence-electron chi connectivity index (χ4n) is 2.48. The Balaban J connectivity index is 1.84. The van der Waals surface area contributed by atoms with Crippen LogP contribution in [0.25, 0.3) is 5.65 Å². The Morgan fingerprint density at radius 3 is 2.73 bits per heavy atom. The Labute approximate surface area is 173 Å². The highest BCUT2D eigenvalue weighted by molar-refractivity contribution is 6.31. The molecule has 0 spiro atoms. The number of carbonyl (C=O) groups is 1. The first-order valence-corrected chi connectivity index (χ1v) is 9.21. The van der Waals surface area contributed by atoms with Crippen LogP contribution in [0.4, 0.5) is 14.6 Å². The van der Waals surface area contributed by atoms with Gasteiger partial charge in [-0.15, -0.1) is 15.3 Å². The summed E-state index contributed by atoms with van der Waals surface area (Å²) in [6.45, 7) is 2.70. The van der Waals surface area contributed by atoms with Gasteiger partial charge in [-0.05, 0) is 12.1 Å². The number of carbonyl (C=O) groups excluding carboxylic acids is 1. The Morgan fingerprint density at radius 1 is 1.33 bits per heavy atom. The van der Waals surface area contributed by atoms with E-state index in [1.165, 1.54) is 16.9 Å². The van der Waals surface area contributed by atoms with Crippen molar-refractivity contribution in [2.24, 2.45) is 0 Å². The van der Waals surface area contributed by atoms with Crippen LogP contribution in [-0.2, 0) is 11.3 Å². The molecule has 3 heterocycles. The number of rotatable bonds is 7. The molecule has 10 nitrogen and oxygen atoms in total. The topological polar surface area (TPSA) is 116 Å². The normalized spacial score (nSPS) is 11.8. The van der Waals surface area contributed by atoms with Gasteiger partial charge in [0.1, 0.15) is 18.6 Å². The lowest BCUT2D eigenvalue weighted by molar-refractivity contribution is -0.117. The predicted molar refractivity (Wildman–Crippen MR) is 103 cm³/mol. The molecular formula is C17H18ClF2N7O3. The third kappa shape index (κ3) is 4.87. The van der Waals surface area contributed by atoms with Gasteiger partial charge in [0.15, 0.2) is 28.8 Å². The minimum Gasteiger partial charge on any atom is -0.484 e. The molecule has 30 heavy (non-hydrogen) atoms. The molecule has 3 aromatic rings. The van der Waals surface area contributed by atoms with E-state index in [2.05, 4.69) is 25.7 Å². The maximum atomic E-state index is 13.2. The van der Waals surface area contributed by atoms with E-state index in [1.54, 1.807) is 19.9 Å². The van der Waals surface area contributed by atoms with E-state index in [4.69, 9.17) is 16.3 Å². The largest absolute Gasteiger partial charge is 0.484 e. The molecule has 1 amide bonds. The summed E-state index contributed by atoms with van der Waals surface area (Å²) in [6, 6.07) is 3.12. The van der Waals surface area contributed by atoms with E-state index in [9.17, 15) is 18.4 Å². The number of nitrogens with zero attached hydrogens (tertiary/aromatic N) is 6. The molecule has 0 radical (unpaired) electrons. The summed E-state index contributed by atoms with van der Waals surface area (Å²) in [4.78, 5) is 24.9. The molecule has 0 aliphatic heterocycles. The molecule has 0 saturated carbocycles. The standard InChI is InChI=1S/C17H18ClF2N7O3/c1-9(2)14-15(30-7-17(3,19)20)13(18)16(29)26(25-14)6-12(28)22-10-4-5-11-23-21-8-27(11)24-10/h4-5,8-9H,6-7H2,1-3H3,(H,22,24,28). The maximum absolute atomic E-state index is 13.2. The van der Waals surface area contributed by atoms with Crippen molar-refractivity contribution in [2.75, 3.05) is 11.9 Å². The number of amides is 1. The summed E-state index contributed by atoms with van der Waals surface area (Å²) in [5, 5.41) is 17.8. The summed E-state index contributed by atoms with van der Waals surface area (Å²) in [5.41, 5.74) is -0.166. The first-order valence-electron chi connectivity index (χ1n) is 8.83. The molecule has 0 bridgehead atoms. The molecule has 0 aliphatic rings. The van der Waals surface area contributed by atoms with E-state index >= 15 is 0 Å². The van der Waals surface area contributed by atoms with Crippen molar-refractivity contribution in [1.29, 1.82) is 0 Å². The zero-order valence-electron chi connectivity index (χ0n) is 16.3. The molecular weight excluding hydrogens is 424 g/mol. The SMILES string of the molecule is CC(C)c1nn(CC(=O)Nc2ccc3nncn3n2)c(=O)c(Cl)c1OCC(C)(F)F. The molecule has 3 rings (SSSR count). The zero-order valence-corrected chi connectivity index (χ0v) is 17.0. The molecule has 0 aliphatic carbocycles. The lowest BCUT2D eigenvalue weighted by Gasteiger charge is -2.18. The van der Waals surface area contributed by atoms with Crippen LogP contribution in [0.5, 0.6) is 5.75 Å². The van der Waals surface area contributed by atoms with Crippen LogP contribution in [0, 0.1) is 0 Å². The number of ether oxygens (including phenoxy) is 1. The van der Waals surface area contributed by atoms with E-state index in [0.717, 1.165) is 4.68 Å². The molecule has 0 aromatic carbocycles. The van der Waals surface area contributed by atoms with E-state index in [1.807, 2.05) is 0 Å². The van der Waals surface area contributed by atoms with Gasteiger partial charge >= 0.3 is 0 Å². The number of fused-ring (bicyclic) bond motifs is 1. The Morgan fingerprint density at radius 2 is 2.07 bits per heavy atom. The van der Waals surface area contributed by atoms with Crippen molar-refractivity contribution in [1.82, 2.24) is 29.6 Å². The van der Waals surface area contributed by atoms with Crippen LogP contribution in [0.1, 0.15) is 32.4 Å². The molecule has 1 N–H and O–H groups in total. The third-order valence-corrected chi connectivity index (χ3v) is 4.16. The number of hydrogen-bond acceptors (Lipinski definition) is 7. The summed E-state index contributed by atoms with van der Waals surface area (Å²) in [6.07, 6.45) is 1.37. The van der Waals surface area contributed by atoms with Gasteiger partial charge in [-0.25, -0.2) is 13.5 Å². The van der Waals surface area contributed by atoms with Gasteiger partial charge in [0, 0.05) is 12.8 Å². The van der Waals surface area contributed by atoms with Gasteiger partial charge in [0.25, 0.3) is 11.5 Å². The minimum absolute atomic E-state index is 0.181. The van der Waals surface area contributed by atoms with Crippen molar-refractivity contribution in [3.63, 3.8) is 0 Å². The smallest absolute Gasteiger partial charge is 0.289 e. The van der Waals surface area contributed by atoms with Crippen LogP contribution in [0.3, 0.4) is 0 Å². The number of aromatic nitrogens is 6. The molecule has 0 unspecified atom stereocenters. The van der Waals surface area contributed by atoms with Crippen LogP contribution < -0.4 is 15.6 Å². The second-order valence-corrected chi connectivity index (χ2v) is 7.28. The lowest BCUT2D eigenvalue weighted by Crippen LogP contribution is -2.32. The van der Waals surface area contributed by atoms with E-state index < -0.39 is 35.6 Å². The number of nitrogens with one attached hydrogen (secondary N) is 1. The van der Waals surface area contributed by atoms with E-state index in [0.29, 0.717) is 12.6 Å². The highest BCUT2D eigenvalue weighted by Gasteiger charge is 2.26. The average molecular weight is 442 g/mol. The second kappa shape index (κ2) is 8.30. The van der Waals surface area contributed by atoms with Crippen molar-refractivity contribution in [2.45, 2.75) is 39.2 Å². The van der Waals surface area contributed by atoms with Gasteiger partial charge in [-0.1, -0.05) is 25.4 Å². The Kier molecular flexibility index (Phi) is 5.97. The first kappa shape index (κ1) is 21.6. The Hall–Kier alpha value is -3.15. The highest BCUT2D eigenvalue weighted by Crippen LogP contribution is 2.30. The number of halogens is 3. The van der Waals surface area contributed by atoms with Gasteiger partial charge in [0.05, 0.1) is 0 Å². The highest BCUT2D eigenvalue weighted by atomic mass is 35.5. The van der Waals surface area contributed by atoms with Crippen LogP contribution >= 0.6 is 11.6 Å². The second-order valence-electron chi connectivity index (χ2n) is 6.91. The van der Waals surface area contributed by atoms with Gasteiger partial charge < -0.3 is 10.1 Å². The zero-order chi connectivity index (χ0) is 22.1. The lowest BCUT2D eigenvalue weighted by atomic mass is 10.1. The summed E-state index contributed by atoms with van der Waals surface area (Å²) in [5.74, 6) is -4.03. The van der Waals surface area contributed by atoms with Crippen molar-refractivity contribution >= 4 is 29.0 Å². The summed E-state index contributed by atoms with van der Waals surface area (Å²) >= 11 is 6.07. The molecule has 0 atom stereocenters. The number of anilines is 1. The maximum Gasteiger partial charge on any atom is 0.289 e. The third-order valence-electron chi connectivity index (χ3n) is 3.82. The Bertz CT molecular complexity index is 1140. The minimum atomic E-state index is -3.12. The predicted octanol–water partition coefficient (Wildman–Crippen LogP) is 2.13. The fourth-order valence-corrected chi connectivity index (χ4v) is 2.73. The monoisotopic (exact) mass is 441 g/mol. The van der Waals surface area contributed by atoms with Crippen molar-refractivity contribution < 1.29 is 18.3 Å². The molecule has 160 valence electrons. The summed E-state index contributed by atoms with van der Waals surface area (Å²) < 4.78 is 33.6. The molecule has 0 fully saturated rings. The molecule has 13 heteroatoms. The first-order chi connectivity index (χ1) is 14.0. The molecule has 3 aromatic heterocycles. The van der Waals surface area contributed by atoms with Crippen LogP contribution in [-0.4, -0.2) is 48.0 Å². The number of hydrogen-bond donors (Lipinski definition) is 1. The molecule has 0 saturated heterocycles. The van der Waals surface area contributed by atoms with Gasteiger partial charge in [0.2, 0.25) is 5.91 Å². The van der Waals surface area contributed by atoms with Gasteiger partial charge in [-0.3, -0.25) is 9.59 Å². The van der Waals surface area contributed by atoms with E-state index in [-0.39, 0.29) is 23.2 Å². The quantitative estimate of drug-likeness (QED) is 0.597. The average Bonchev–Trinajstić information content (AvgIpc) is 3.11. The van der Waals surface area contributed by atoms with Crippen molar-refractivity contribution in [3.05, 3.63) is 39.5 Å². The fraction of sp³-hybridized carbons (Fsp3) is 0.412. The summed E-state index contributed by atoms with van der Waals surface area (Å²) in [7, 11) is 0. The number of alkyl halides is 2. The van der Waals surface area contributed by atoms with Crippen molar-refractivity contribution in [3.8, 4) is 5.75 Å². The van der Waals surface area contributed by atoms with Crippen LogP contribution in [0.15, 0.2) is 23.3 Å².